The summed E-state index contributed by atoms with van der Waals surface area (Å²) in [4.78, 5) is 25.6. The lowest BCUT2D eigenvalue weighted by atomic mass is 10.2. The zero-order chi connectivity index (χ0) is 22.9. The first-order valence-corrected chi connectivity index (χ1v) is 11.9. The second-order valence-corrected chi connectivity index (χ2v) is 9.57. The Kier molecular flexibility index (Phi) is 6.23. The average molecular weight is 477 g/mol. The number of fused-ring (bicyclic) bond motifs is 1. The van der Waals surface area contributed by atoms with Crippen molar-refractivity contribution >= 4 is 50.2 Å². The number of nitrogens with zero attached hydrogens (tertiary/aromatic N) is 1. The molecule has 1 atom stereocenters. The van der Waals surface area contributed by atoms with Crippen LogP contribution in [0, 0.1) is 0 Å². The summed E-state index contributed by atoms with van der Waals surface area (Å²) in [6.45, 7) is 2.01. The maximum atomic E-state index is 13.2. The Morgan fingerprint density at radius 1 is 1.19 bits per heavy atom. The van der Waals surface area contributed by atoms with Crippen LogP contribution in [-0.2, 0) is 19.6 Å². The average Bonchev–Trinajstić information content (AvgIpc) is 3.40. The number of amides is 1. The molecule has 1 saturated heterocycles. The van der Waals surface area contributed by atoms with E-state index in [1.54, 1.807) is 31.2 Å². The Morgan fingerprint density at radius 3 is 2.62 bits per heavy atom. The van der Waals surface area contributed by atoms with Crippen molar-refractivity contribution in [3.05, 3.63) is 59.3 Å². The fourth-order valence-corrected chi connectivity index (χ4v) is 5.53. The van der Waals surface area contributed by atoms with Crippen molar-refractivity contribution in [2.75, 3.05) is 18.5 Å². The summed E-state index contributed by atoms with van der Waals surface area (Å²) in [6, 6.07) is 11.7. The van der Waals surface area contributed by atoms with Crippen LogP contribution in [0.3, 0.4) is 0 Å². The molecular formula is C22H21ClN2O6S. The second kappa shape index (κ2) is 8.93. The van der Waals surface area contributed by atoms with Gasteiger partial charge < -0.3 is 14.5 Å². The molecule has 1 fully saturated rings. The number of hydrogen-bond acceptors (Lipinski definition) is 6. The zero-order valence-corrected chi connectivity index (χ0v) is 18.8. The second-order valence-electron chi connectivity index (χ2n) is 7.24. The lowest BCUT2D eigenvalue weighted by molar-refractivity contribution is -0.119. The van der Waals surface area contributed by atoms with Gasteiger partial charge in [-0.25, -0.2) is 13.2 Å². The van der Waals surface area contributed by atoms with Crippen LogP contribution in [0.5, 0.6) is 0 Å². The fraction of sp³-hybridized carbons (Fsp3) is 0.273. The molecule has 2 heterocycles. The van der Waals surface area contributed by atoms with E-state index >= 15 is 0 Å². The van der Waals surface area contributed by atoms with Gasteiger partial charge in [0.1, 0.15) is 17.3 Å². The number of rotatable bonds is 6. The van der Waals surface area contributed by atoms with E-state index in [1.165, 1.54) is 28.6 Å². The molecule has 4 rings (SSSR count). The molecule has 2 aromatic carbocycles. The first-order valence-electron chi connectivity index (χ1n) is 10.1. The lowest BCUT2D eigenvalue weighted by Gasteiger charge is -2.23. The largest absolute Gasteiger partial charge is 0.460 e. The van der Waals surface area contributed by atoms with Crippen LogP contribution >= 0.6 is 11.6 Å². The van der Waals surface area contributed by atoms with Crippen molar-refractivity contribution in [2.45, 2.75) is 30.7 Å². The van der Waals surface area contributed by atoms with Crippen LogP contribution in [0.2, 0.25) is 5.02 Å². The fourth-order valence-electron chi connectivity index (χ4n) is 3.75. The Balaban J connectivity index is 1.65. The highest BCUT2D eigenvalue weighted by Gasteiger charge is 2.40. The van der Waals surface area contributed by atoms with Crippen molar-refractivity contribution < 1.29 is 27.2 Å². The third kappa shape index (κ3) is 4.11. The van der Waals surface area contributed by atoms with Gasteiger partial charge in [0.2, 0.25) is 21.7 Å². The van der Waals surface area contributed by atoms with E-state index < -0.39 is 27.9 Å². The molecule has 0 spiro atoms. The first kappa shape index (κ1) is 22.3. The molecule has 0 aliphatic carbocycles. The van der Waals surface area contributed by atoms with Crippen molar-refractivity contribution in [3.8, 4) is 0 Å². The highest BCUT2D eigenvalue weighted by molar-refractivity contribution is 7.89. The van der Waals surface area contributed by atoms with E-state index in [9.17, 15) is 18.0 Å². The van der Waals surface area contributed by atoms with Crippen LogP contribution in [0.15, 0.2) is 57.8 Å². The van der Waals surface area contributed by atoms with Gasteiger partial charge in [-0.15, -0.1) is 0 Å². The molecule has 0 unspecified atom stereocenters. The monoisotopic (exact) mass is 476 g/mol. The summed E-state index contributed by atoms with van der Waals surface area (Å²) in [5, 5.41) is 3.65. The molecule has 0 saturated carbocycles. The minimum absolute atomic E-state index is 0.0579. The van der Waals surface area contributed by atoms with Crippen LogP contribution in [0.4, 0.5) is 5.69 Å². The Hall–Kier alpha value is -2.88. The normalized spacial score (nSPS) is 16.9. The summed E-state index contributed by atoms with van der Waals surface area (Å²) in [6.07, 6.45) is 0.880. The van der Waals surface area contributed by atoms with Crippen LogP contribution in [0.1, 0.15) is 30.3 Å². The van der Waals surface area contributed by atoms with Gasteiger partial charge >= 0.3 is 5.97 Å². The molecule has 32 heavy (non-hydrogen) atoms. The maximum absolute atomic E-state index is 13.2. The lowest BCUT2D eigenvalue weighted by Crippen LogP contribution is -2.43. The number of nitrogens with one attached hydrogen (secondary N) is 1. The molecule has 10 heteroatoms. The Morgan fingerprint density at radius 2 is 1.91 bits per heavy atom. The number of furan rings is 1. The molecule has 8 nitrogen and oxygen atoms in total. The minimum Gasteiger partial charge on any atom is -0.460 e. The quantitative estimate of drug-likeness (QED) is 0.538. The molecule has 0 radical (unpaired) electrons. The highest BCUT2D eigenvalue weighted by atomic mass is 35.5. The summed E-state index contributed by atoms with van der Waals surface area (Å²) >= 11 is 5.87. The number of ether oxygens (including phenoxy) is 1. The van der Waals surface area contributed by atoms with Gasteiger partial charge in [0.25, 0.3) is 0 Å². The van der Waals surface area contributed by atoms with E-state index in [2.05, 4.69) is 5.32 Å². The molecule has 1 amide bonds. The highest BCUT2D eigenvalue weighted by Crippen LogP contribution is 2.33. The SMILES string of the molecule is CCOC(=O)c1oc2ccccc2c1NC(=O)[C@@H]1CCCN1S(=O)(=O)c1ccc(Cl)cc1. The van der Waals surface area contributed by atoms with Gasteiger partial charge in [0.05, 0.1) is 11.5 Å². The molecule has 0 bridgehead atoms. The molecule has 168 valence electrons. The summed E-state index contributed by atoms with van der Waals surface area (Å²) in [7, 11) is -3.91. The number of anilines is 1. The topological polar surface area (TPSA) is 106 Å². The molecular weight excluding hydrogens is 456 g/mol. The number of sulfonamides is 1. The number of esters is 1. The molecule has 1 aliphatic rings. The molecule has 1 aromatic heterocycles. The Bertz CT molecular complexity index is 1270. The Labute approximate surface area is 190 Å². The van der Waals surface area contributed by atoms with Crippen molar-refractivity contribution in [1.82, 2.24) is 4.31 Å². The van der Waals surface area contributed by atoms with Gasteiger partial charge in [0.15, 0.2) is 0 Å². The van der Waals surface area contributed by atoms with E-state index in [-0.39, 0.29) is 29.5 Å². The minimum atomic E-state index is -3.91. The van der Waals surface area contributed by atoms with Crippen LogP contribution in [0.25, 0.3) is 11.0 Å². The smallest absolute Gasteiger partial charge is 0.376 e. The number of halogens is 1. The van der Waals surface area contributed by atoms with Crippen LogP contribution in [-0.4, -0.2) is 43.8 Å². The van der Waals surface area contributed by atoms with Gasteiger partial charge in [-0.2, -0.15) is 4.31 Å². The van der Waals surface area contributed by atoms with Crippen molar-refractivity contribution in [1.29, 1.82) is 0 Å². The van der Waals surface area contributed by atoms with Gasteiger partial charge in [0, 0.05) is 17.0 Å². The number of carbonyl (C=O) groups is 2. The zero-order valence-electron chi connectivity index (χ0n) is 17.2. The summed E-state index contributed by atoms with van der Waals surface area (Å²) in [5.41, 5.74) is 0.572. The summed E-state index contributed by atoms with van der Waals surface area (Å²) < 4.78 is 38.1. The van der Waals surface area contributed by atoms with Gasteiger partial charge in [-0.1, -0.05) is 23.7 Å². The molecule has 3 aromatic rings. The van der Waals surface area contributed by atoms with E-state index in [4.69, 9.17) is 20.8 Å². The maximum Gasteiger partial charge on any atom is 0.376 e. The van der Waals surface area contributed by atoms with Gasteiger partial charge in [-0.3, -0.25) is 4.79 Å². The third-order valence-corrected chi connectivity index (χ3v) is 7.41. The van der Waals surface area contributed by atoms with Crippen LogP contribution < -0.4 is 5.32 Å². The number of benzene rings is 2. The standard InChI is InChI=1S/C22H21ClN2O6S/c1-2-30-22(27)20-19(16-6-3-4-8-18(16)31-20)24-21(26)17-7-5-13-25(17)32(28,29)15-11-9-14(23)10-12-15/h3-4,6,8-12,17H,2,5,7,13H2,1H3,(H,24,26)/t17-/m0/s1. The predicted octanol–water partition coefficient (Wildman–Crippen LogP) is 4.05. The van der Waals surface area contributed by atoms with E-state index in [0.717, 1.165) is 0 Å². The summed E-state index contributed by atoms with van der Waals surface area (Å²) in [5.74, 6) is -1.39. The molecule has 1 N–H and O–H groups in total. The predicted molar refractivity (Wildman–Crippen MR) is 119 cm³/mol. The van der Waals surface area contributed by atoms with Crippen molar-refractivity contribution in [3.63, 3.8) is 0 Å². The first-order chi connectivity index (χ1) is 15.3. The molecule has 1 aliphatic heterocycles. The number of hydrogen-bond donors (Lipinski definition) is 1. The van der Waals surface area contributed by atoms with Crippen molar-refractivity contribution in [2.24, 2.45) is 0 Å². The third-order valence-electron chi connectivity index (χ3n) is 5.23. The van der Waals surface area contributed by atoms with Gasteiger partial charge in [-0.05, 0) is 56.2 Å². The van der Waals surface area contributed by atoms with E-state index in [1.807, 2.05) is 0 Å². The van der Waals surface area contributed by atoms with E-state index in [0.29, 0.717) is 28.8 Å². The number of carbonyl (C=O) groups excluding carboxylic acids is 2. The number of para-hydroxylation sites is 1.